The average Bonchev–Trinajstić information content (AvgIpc) is 2.72. The molecule has 0 unspecified atom stereocenters. The Morgan fingerprint density at radius 3 is 2.47 bits per heavy atom. The molecule has 2 aromatic carbocycles. The highest BCUT2D eigenvalue weighted by Gasteiger charge is 2.21. The van der Waals surface area contributed by atoms with E-state index in [0.717, 1.165) is 16.5 Å². The van der Waals surface area contributed by atoms with Crippen LogP contribution in [0.15, 0.2) is 57.7 Å². The summed E-state index contributed by atoms with van der Waals surface area (Å²) in [4.78, 5) is 35.8. The van der Waals surface area contributed by atoms with E-state index < -0.39 is 29.6 Å². The molecule has 2 atom stereocenters. The van der Waals surface area contributed by atoms with E-state index in [2.05, 4.69) is 5.32 Å². The van der Waals surface area contributed by atoms with Crippen molar-refractivity contribution in [3.63, 3.8) is 0 Å². The minimum atomic E-state index is -1.38. The highest BCUT2D eigenvalue weighted by Crippen LogP contribution is 2.24. The van der Waals surface area contributed by atoms with Gasteiger partial charge in [0.25, 0.3) is 5.91 Å². The number of aliphatic carboxylic acids is 1. The summed E-state index contributed by atoms with van der Waals surface area (Å²) < 4.78 is 10.9. The van der Waals surface area contributed by atoms with Crippen LogP contribution in [0.4, 0.5) is 0 Å². The van der Waals surface area contributed by atoms with Gasteiger partial charge >= 0.3 is 5.63 Å². The average molecular weight is 408 g/mol. The zero-order valence-corrected chi connectivity index (χ0v) is 16.9. The topological polar surface area (TPSA) is 109 Å². The van der Waals surface area contributed by atoms with Crippen molar-refractivity contribution in [1.29, 1.82) is 0 Å². The highest BCUT2D eigenvalue weighted by atomic mass is 16.5. The number of carboxylic acid groups (broad SMARTS) is 1. The molecule has 1 amide bonds. The number of amides is 1. The van der Waals surface area contributed by atoms with Crippen molar-refractivity contribution in [3.8, 4) is 5.75 Å². The normalized spacial score (nSPS) is 12.9. The Morgan fingerprint density at radius 1 is 1.10 bits per heavy atom. The largest absolute Gasteiger partial charge is 0.548 e. The Balaban J connectivity index is 1.72. The van der Waals surface area contributed by atoms with Gasteiger partial charge in [-0.25, -0.2) is 4.79 Å². The summed E-state index contributed by atoms with van der Waals surface area (Å²) in [6.07, 6.45) is -0.875. The number of nitrogens with one attached hydrogen (secondary N) is 1. The predicted molar refractivity (Wildman–Crippen MR) is 109 cm³/mol. The highest BCUT2D eigenvalue weighted by molar-refractivity contribution is 5.86. The Kier molecular flexibility index (Phi) is 6.20. The van der Waals surface area contributed by atoms with Crippen LogP contribution in [0.1, 0.15) is 23.6 Å². The summed E-state index contributed by atoms with van der Waals surface area (Å²) in [5.41, 5.74) is 2.04. The van der Waals surface area contributed by atoms with Crippen LogP contribution in [0.25, 0.3) is 11.0 Å². The van der Waals surface area contributed by atoms with Gasteiger partial charge in [0.05, 0.1) is 12.0 Å². The number of hydrogen-bond donors (Lipinski definition) is 1. The van der Waals surface area contributed by atoms with Crippen molar-refractivity contribution in [2.75, 3.05) is 0 Å². The van der Waals surface area contributed by atoms with Crippen LogP contribution < -0.4 is 20.8 Å². The van der Waals surface area contributed by atoms with Crippen LogP contribution in [-0.4, -0.2) is 24.0 Å². The first kappa shape index (κ1) is 21.1. The molecule has 156 valence electrons. The fourth-order valence-corrected chi connectivity index (χ4v) is 3.09. The second kappa shape index (κ2) is 8.82. The van der Waals surface area contributed by atoms with Gasteiger partial charge in [0, 0.05) is 17.0 Å². The minimum Gasteiger partial charge on any atom is -0.548 e. The van der Waals surface area contributed by atoms with E-state index in [1.54, 1.807) is 43.3 Å². The Labute approximate surface area is 173 Å². The van der Waals surface area contributed by atoms with E-state index >= 15 is 0 Å². The molecule has 30 heavy (non-hydrogen) atoms. The first-order chi connectivity index (χ1) is 14.3. The molecule has 0 fully saturated rings. The standard InChI is InChI=1S/C23H23NO6/c1-13-14(2)23(28)30-20-12-17(9-10-18(13)20)29-15(3)21(25)24-19(22(26)27)11-16-7-5-4-6-8-16/h4-10,12,15,19H,11H2,1-3H3,(H,24,25)(H,26,27)/p-1/t15-,19-/m0/s1. The third-order valence-corrected chi connectivity index (χ3v) is 4.99. The van der Waals surface area contributed by atoms with Gasteiger partial charge in [-0.3, -0.25) is 4.79 Å². The number of ether oxygens (including phenoxy) is 1. The second-order valence-corrected chi connectivity index (χ2v) is 7.13. The van der Waals surface area contributed by atoms with Crippen LogP contribution in [0.5, 0.6) is 5.75 Å². The lowest BCUT2D eigenvalue weighted by molar-refractivity contribution is -0.308. The van der Waals surface area contributed by atoms with E-state index in [-0.39, 0.29) is 6.42 Å². The molecule has 0 aliphatic carbocycles. The van der Waals surface area contributed by atoms with Crippen molar-refractivity contribution in [2.24, 2.45) is 0 Å². The lowest BCUT2D eigenvalue weighted by Crippen LogP contribution is -2.52. The summed E-state index contributed by atoms with van der Waals surface area (Å²) >= 11 is 0. The monoisotopic (exact) mass is 408 g/mol. The van der Waals surface area contributed by atoms with Gasteiger partial charge in [0.2, 0.25) is 0 Å². The lowest BCUT2D eigenvalue weighted by Gasteiger charge is -2.22. The predicted octanol–water partition coefficient (Wildman–Crippen LogP) is 1.65. The number of aryl methyl sites for hydroxylation is 1. The lowest BCUT2D eigenvalue weighted by atomic mass is 10.1. The maximum absolute atomic E-state index is 12.5. The molecular weight excluding hydrogens is 386 g/mol. The Hall–Kier alpha value is -3.61. The maximum Gasteiger partial charge on any atom is 0.339 e. The molecule has 1 aromatic heterocycles. The zero-order valence-electron chi connectivity index (χ0n) is 16.9. The zero-order chi connectivity index (χ0) is 21.8. The van der Waals surface area contributed by atoms with Crippen molar-refractivity contribution in [1.82, 2.24) is 5.32 Å². The van der Waals surface area contributed by atoms with Gasteiger partial charge in [-0.1, -0.05) is 30.3 Å². The van der Waals surface area contributed by atoms with Gasteiger partial charge in [0.1, 0.15) is 11.3 Å². The molecule has 0 saturated carbocycles. The summed E-state index contributed by atoms with van der Waals surface area (Å²) in [6.45, 7) is 5.03. The summed E-state index contributed by atoms with van der Waals surface area (Å²) in [6, 6.07) is 12.7. The van der Waals surface area contributed by atoms with E-state index in [0.29, 0.717) is 16.9 Å². The second-order valence-electron chi connectivity index (χ2n) is 7.13. The van der Waals surface area contributed by atoms with Crippen molar-refractivity contribution >= 4 is 22.8 Å². The number of carbonyl (C=O) groups excluding carboxylic acids is 2. The van der Waals surface area contributed by atoms with Crippen molar-refractivity contribution in [2.45, 2.75) is 39.3 Å². The first-order valence-corrected chi connectivity index (χ1v) is 9.52. The number of hydrogen-bond acceptors (Lipinski definition) is 6. The smallest absolute Gasteiger partial charge is 0.339 e. The van der Waals surface area contributed by atoms with Crippen LogP contribution in [0.3, 0.4) is 0 Å². The molecule has 7 heteroatoms. The fourth-order valence-electron chi connectivity index (χ4n) is 3.09. The molecular formula is C23H22NO6-. The quantitative estimate of drug-likeness (QED) is 0.596. The molecule has 0 aliphatic heterocycles. The van der Waals surface area contributed by atoms with Crippen LogP contribution in [-0.2, 0) is 16.0 Å². The molecule has 0 aliphatic rings. The molecule has 7 nitrogen and oxygen atoms in total. The summed E-state index contributed by atoms with van der Waals surface area (Å²) in [5.74, 6) is -1.65. The first-order valence-electron chi connectivity index (χ1n) is 9.52. The minimum absolute atomic E-state index is 0.0986. The van der Waals surface area contributed by atoms with E-state index in [1.165, 1.54) is 13.0 Å². The van der Waals surface area contributed by atoms with E-state index in [4.69, 9.17) is 9.15 Å². The molecule has 0 bridgehead atoms. The van der Waals surface area contributed by atoms with Crippen LogP contribution in [0.2, 0.25) is 0 Å². The summed E-state index contributed by atoms with van der Waals surface area (Å²) in [5, 5.41) is 14.7. The van der Waals surface area contributed by atoms with Gasteiger partial charge < -0.3 is 24.4 Å². The number of benzene rings is 2. The van der Waals surface area contributed by atoms with Crippen LogP contribution in [0, 0.1) is 13.8 Å². The molecule has 1 N–H and O–H groups in total. The molecule has 0 radical (unpaired) electrons. The fraction of sp³-hybridized carbons (Fsp3) is 0.261. The number of fused-ring (bicyclic) bond motifs is 1. The molecule has 0 spiro atoms. The SMILES string of the molecule is Cc1c(C)c2ccc(O[C@@H](C)C(=O)N[C@@H](Cc3ccccc3)C(=O)[O-])cc2oc1=O. The van der Waals surface area contributed by atoms with Crippen molar-refractivity contribution in [3.05, 3.63) is 75.6 Å². The van der Waals surface area contributed by atoms with Crippen LogP contribution >= 0.6 is 0 Å². The number of carboxylic acids is 1. The number of rotatable bonds is 7. The van der Waals surface area contributed by atoms with Gasteiger partial charge in [-0.15, -0.1) is 0 Å². The third-order valence-electron chi connectivity index (χ3n) is 4.99. The summed E-state index contributed by atoms with van der Waals surface area (Å²) in [7, 11) is 0. The Bertz CT molecular complexity index is 1140. The van der Waals surface area contributed by atoms with E-state index in [9.17, 15) is 19.5 Å². The third kappa shape index (κ3) is 4.68. The maximum atomic E-state index is 12.5. The van der Waals surface area contributed by atoms with Gasteiger partial charge in [-0.05, 0) is 50.5 Å². The number of carbonyl (C=O) groups is 2. The molecule has 1 heterocycles. The van der Waals surface area contributed by atoms with Gasteiger partial charge in [-0.2, -0.15) is 0 Å². The van der Waals surface area contributed by atoms with Gasteiger partial charge in [0.15, 0.2) is 6.10 Å². The molecule has 3 rings (SSSR count). The molecule has 0 saturated heterocycles. The Morgan fingerprint density at radius 2 is 1.80 bits per heavy atom. The van der Waals surface area contributed by atoms with E-state index in [1.807, 2.05) is 13.0 Å². The van der Waals surface area contributed by atoms with Crippen molar-refractivity contribution < 1.29 is 23.8 Å². The molecule has 3 aromatic rings.